The summed E-state index contributed by atoms with van der Waals surface area (Å²) in [5.74, 6) is 0.503. The smallest absolute Gasteiger partial charge is 0.266 e. The predicted molar refractivity (Wildman–Crippen MR) is 103 cm³/mol. The van der Waals surface area contributed by atoms with Crippen LogP contribution in [-0.4, -0.2) is 19.6 Å². The van der Waals surface area contributed by atoms with Crippen molar-refractivity contribution in [1.82, 2.24) is 5.16 Å². The maximum atomic E-state index is 13.7. The van der Waals surface area contributed by atoms with Gasteiger partial charge in [-0.3, -0.25) is 4.31 Å². The molecule has 1 aliphatic rings. The van der Waals surface area contributed by atoms with E-state index >= 15 is 0 Å². The summed E-state index contributed by atoms with van der Waals surface area (Å²) in [6.45, 7) is 7.55. The molecule has 0 fully saturated rings. The van der Waals surface area contributed by atoms with Gasteiger partial charge in [-0.2, -0.15) is 0 Å². The molecule has 1 aromatic carbocycles. The van der Waals surface area contributed by atoms with Crippen molar-refractivity contribution >= 4 is 27.0 Å². The van der Waals surface area contributed by atoms with Crippen LogP contribution in [0.15, 0.2) is 39.8 Å². The molecule has 0 radical (unpaired) electrons. The van der Waals surface area contributed by atoms with Crippen LogP contribution >= 0.6 is 11.3 Å². The summed E-state index contributed by atoms with van der Waals surface area (Å²) in [4.78, 5) is 2.01. The molecular formula is C19H20N2O3S2. The fraction of sp³-hybridized carbons (Fsp3) is 0.316. The van der Waals surface area contributed by atoms with E-state index < -0.39 is 10.0 Å². The second-order valence-corrected chi connectivity index (χ2v) is 9.91. The largest absolute Gasteiger partial charge is 0.356 e. The van der Waals surface area contributed by atoms with Crippen LogP contribution in [0.5, 0.6) is 0 Å². The Bertz CT molecular complexity index is 1100. The molecule has 0 aliphatic carbocycles. The van der Waals surface area contributed by atoms with Crippen molar-refractivity contribution < 1.29 is 12.9 Å². The van der Waals surface area contributed by atoms with Gasteiger partial charge in [-0.05, 0) is 45.7 Å². The van der Waals surface area contributed by atoms with E-state index in [9.17, 15) is 8.42 Å². The van der Waals surface area contributed by atoms with Gasteiger partial charge in [0.2, 0.25) is 0 Å². The van der Waals surface area contributed by atoms with Gasteiger partial charge in [0.25, 0.3) is 10.0 Å². The second kappa shape index (κ2) is 5.96. The Morgan fingerprint density at radius 3 is 2.62 bits per heavy atom. The fourth-order valence-corrected chi connectivity index (χ4v) is 7.26. The highest BCUT2D eigenvalue weighted by Crippen LogP contribution is 2.44. The number of fused-ring (bicyclic) bond motifs is 1. The molecule has 3 aromatic rings. The first kappa shape index (κ1) is 17.3. The van der Waals surface area contributed by atoms with Crippen molar-refractivity contribution in [1.29, 1.82) is 0 Å². The van der Waals surface area contributed by atoms with Gasteiger partial charge < -0.3 is 4.52 Å². The summed E-state index contributed by atoms with van der Waals surface area (Å²) in [7, 11) is -3.72. The lowest BCUT2D eigenvalue weighted by atomic mass is 10.1. The number of aryl methyl sites for hydroxylation is 3. The molecule has 0 spiro atoms. The van der Waals surface area contributed by atoms with Crippen molar-refractivity contribution in [3.8, 4) is 11.3 Å². The molecule has 4 rings (SSSR count). The molecular weight excluding hydrogens is 368 g/mol. The number of benzene rings is 1. The molecule has 5 nitrogen and oxygen atoms in total. The number of hydrogen-bond acceptors (Lipinski definition) is 5. The average Bonchev–Trinajstić information content (AvgIpc) is 3.21. The molecule has 0 N–H and O–H groups in total. The maximum absolute atomic E-state index is 13.7. The van der Waals surface area contributed by atoms with Crippen LogP contribution in [0.2, 0.25) is 0 Å². The van der Waals surface area contributed by atoms with Gasteiger partial charge in [0.05, 0.1) is 16.9 Å². The molecule has 2 aromatic heterocycles. The van der Waals surface area contributed by atoms with E-state index in [1.807, 2.05) is 52.0 Å². The SMILES string of the molecule is Cc1cc(-c2c(C)sc(C)c2S(=O)(=O)N2c3ccccc3CC2C)on1. The van der Waals surface area contributed by atoms with Crippen molar-refractivity contribution in [3.05, 3.63) is 51.3 Å². The van der Waals surface area contributed by atoms with Gasteiger partial charge in [0.1, 0.15) is 4.90 Å². The van der Waals surface area contributed by atoms with Gasteiger partial charge >= 0.3 is 0 Å². The molecule has 0 amide bonds. The van der Waals surface area contributed by atoms with E-state index in [0.29, 0.717) is 22.6 Å². The highest BCUT2D eigenvalue weighted by molar-refractivity contribution is 7.93. The lowest BCUT2D eigenvalue weighted by molar-refractivity contribution is 0.426. The Labute approximate surface area is 157 Å². The zero-order chi connectivity index (χ0) is 18.6. The standard InChI is InChI=1S/C19H20N2O3S2/c1-11-9-17(24-20-11)18-13(3)25-14(4)19(18)26(22,23)21-12(2)10-15-7-5-6-8-16(15)21/h5-9,12H,10H2,1-4H3. The number of nitrogens with zero attached hydrogens (tertiary/aromatic N) is 2. The van der Waals surface area contributed by atoms with Gasteiger partial charge in [0.15, 0.2) is 5.76 Å². The van der Waals surface area contributed by atoms with Crippen molar-refractivity contribution in [2.75, 3.05) is 4.31 Å². The predicted octanol–water partition coefficient (Wildman–Crippen LogP) is 4.47. The summed E-state index contributed by atoms with van der Waals surface area (Å²) >= 11 is 1.47. The second-order valence-electron chi connectivity index (χ2n) is 6.73. The summed E-state index contributed by atoms with van der Waals surface area (Å²) in [6, 6.07) is 9.36. The van der Waals surface area contributed by atoms with Crippen LogP contribution in [0.3, 0.4) is 0 Å². The number of sulfonamides is 1. The Hall–Kier alpha value is -2.12. The third-order valence-electron chi connectivity index (χ3n) is 4.74. The Kier molecular flexibility index (Phi) is 3.96. The first-order valence-corrected chi connectivity index (χ1v) is 10.7. The Morgan fingerprint density at radius 2 is 1.92 bits per heavy atom. The minimum atomic E-state index is -3.72. The van der Waals surface area contributed by atoms with Crippen LogP contribution in [0, 0.1) is 20.8 Å². The minimum Gasteiger partial charge on any atom is -0.356 e. The van der Waals surface area contributed by atoms with Crippen molar-refractivity contribution in [3.63, 3.8) is 0 Å². The molecule has 1 unspecified atom stereocenters. The zero-order valence-electron chi connectivity index (χ0n) is 15.1. The Balaban J connectivity index is 1.93. The van der Waals surface area contributed by atoms with Gasteiger partial charge in [-0.15, -0.1) is 11.3 Å². The highest BCUT2D eigenvalue weighted by atomic mass is 32.2. The molecule has 26 heavy (non-hydrogen) atoms. The maximum Gasteiger partial charge on any atom is 0.266 e. The lowest BCUT2D eigenvalue weighted by Crippen LogP contribution is -2.36. The third-order valence-corrected chi connectivity index (χ3v) is 7.99. The number of rotatable bonds is 3. The van der Waals surface area contributed by atoms with E-state index in [1.165, 1.54) is 11.3 Å². The summed E-state index contributed by atoms with van der Waals surface area (Å²) in [6.07, 6.45) is 0.717. The number of hydrogen-bond donors (Lipinski definition) is 0. The van der Waals surface area contributed by atoms with E-state index in [4.69, 9.17) is 4.52 Å². The van der Waals surface area contributed by atoms with Crippen LogP contribution in [0.25, 0.3) is 11.3 Å². The number of anilines is 1. The summed E-state index contributed by atoms with van der Waals surface area (Å²) < 4.78 is 34.4. The number of para-hydroxylation sites is 1. The molecule has 1 aliphatic heterocycles. The van der Waals surface area contributed by atoms with Crippen molar-refractivity contribution in [2.24, 2.45) is 0 Å². The van der Waals surface area contributed by atoms with Crippen molar-refractivity contribution in [2.45, 2.75) is 45.1 Å². The normalized spacial score (nSPS) is 16.9. The number of thiophene rings is 1. The minimum absolute atomic E-state index is 0.124. The van der Waals surface area contributed by atoms with E-state index in [0.717, 1.165) is 26.7 Å². The first-order valence-electron chi connectivity index (χ1n) is 8.46. The van der Waals surface area contributed by atoms with E-state index in [2.05, 4.69) is 5.16 Å². The average molecular weight is 389 g/mol. The van der Waals surface area contributed by atoms with Gasteiger partial charge in [-0.25, -0.2) is 8.42 Å². The first-order chi connectivity index (χ1) is 12.3. The van der Waals surface area contributed by atoms with Crippen LogP contribution < -0.4 is 4.31 Å². The van der Waals surface area contributed by atoms with Gasteiger partial charge in [0, 0.05) is 21.9 Å². The van der Waals surface area contributed by atoms with Crippen LogP contribution in [-0.2, 0) is 16.4 Å². The fourth-order valence-electron chi connectivity index (χ4n) is 3.74. The topological polar surface area (TPSA) is 63.4 Å². The quantitative estimate of drug-likeness (QED) is 0.664. The molecule has 3 heterocycles. The highest BCUT2D eigenvalue weighted by Gasteiger charge is 2.39. The van der Waals surface area contributed by atoms with E-state index in [1.54, 1.807) is 10.4 Å². The summed E-state index contributed by atoms with van der Waals surface area (Å²) in [5.41, 5.74) is 3.18. The summed E-state index contributed by atoms with van der Waals surface area (Å²) in [5, 5.41) is 3.94. The van der Waals surface area contributed by atoms with Crippen LogP contribution in [0.4, 0.5) is 5.69 Å². The molecule has 0 saturated carbocycles. The van der Waals surface area contributed by atoms with E-state index in [-0.39, 0.29) is 6.04 Å². The zero-order valence-corrected chi connectivity index (χ0v) is 16.7. The lowest BCUT2D eigenvalue weighted by Gasteiger charge is -2.25. The molecule has 1 atom stereocenters. The number of aromatic nitrogens is 1. The monoisotopic (exact) mass is 388 g/mol. The molecule has 7 heteroatoms. The van der Waals surface area contributed by atoms with Crippen LogP contribution in [0.1, 0.15) is 27.9 Å². The third kappa shape index (κ3) is 2.49. The Morgan fingerprint density at radius 1 is 1.19 bits per heavy atom. The molecule has 136 valence electrons. The van der Waals surface area contributed by atoms with Gasteiger partial charge in [-0.1, -0.05) is 23.4 Å². The molecule has 0 saturated heterocycles. The molecule has 0 bridgehead atoms.